The van der Waals surface area contributed by atoms with E-state index in [0.717, 1.165) is 22.4 Å². The minimum Gasteiger partial charge on any atom is -0.624 e. The second-order valence-corrected chi connectivity index (χ2v) is 5.60. The summed E-state index contributed by atoms with van der Waals surface area (Å²) in [6, 6.07) is 7.67. The average Bonchev–Trinajstić information content (AvgIpc) is 2.29. The zero-order valence-corrected chi connectivity index (χ0v) is 12.1. The summed E-state index contributed by atoms with van der Waals surface area (Å²) in [5.41, 5.74) is 1.56. The molecule has 0 atom stereocenters. The Labute approximate surface area is 114 Å². The van der Waals surface area contributed by atoms with E-state index < -0.39 is 0 Å². The quantitative estimate of drug-likeness (QED) is 0.392. The number of hydrogen-bond donors (Lipinski definition) is 1. The van der Waals surface area contributed by atoms with E-state index in [0.29, 0.717) is 6.42 Å². The summed E-state index contributed by atoms with van der Waals surface area (Å²) in [7, 11) is 0. The Morgan fingerprint density at radius 3 is 2.37 bits per heavy atom. The molecule has 0 aliphatic heterocycles. The summed E-state index contributed by atoms with van der Waals surface area (Å²) in [6.07, 6.45) is 3.21. The lowest BCUT2D eigenvalue weighted by atomic mass is 10.1. The van der Waals surface area contributed by atoms with Crippen LogP contribution in [0.3, 0.4) is 0 Å². The number of aryl methyl sites for hydroxylation is 1. The standard InChI is InChI=1S/C15H22N2O2/c1-12(18)16-14-9-7-13(8-10-14)6-5-11-17(19)15(2,3)4/h7-11H,5-6H2,1-4H3,(H,16,18)/b17-11+. The summed E-state index contributed by atoms with van der Waals surface area (Å²) in [6.45, 7) is 7.15. The number of rotatable bonds is 4. The molecule has 19 heavy (non-hydrogen) atoms. The van der Waals surface area contributed by atoms with Gasteiger partial charge in [-0.05, 0) is 24.1 Å². The maximum atomic E-state index is 11.6. The van der Waals surface area contributed by atoms with Gasteiger partial charge in [0.2, 0.25) is 5.91 Å². The second-order valence-electron chi connectivity index (χ2n) is 5.60. The molecule has 1 rings (SSSR count). The second kappa shape index (κ2) is 6.36. The van der Waals surface area contributed by atoms with Crippen molar-refractivity contribution in [2.24, 2.45) is 0 Å². The molecule has 0 aliphatic carbocycles. The van der Waals surface area contributed by atoms with Crippen molar-refractivity contribution in [2.45, 2.75) is 46.1 Å². The van der Waals surface area contributed by atoms with Gasteiger partial charge >= 0.3 is 0 Å². The number of carbonyl (C=O) groups is 1. The van der Waals surface area contributed by atoms with Crippen LogP contribution >= 0.6 is 0 Å². The van der Waals surface area contributed by atoms with Crippen LogP contribution in [0.15, 0.2) is 24.3 Å². The Hall–Kier alpha value is -1.84. The normalized spacial score (nSPS) is 12.3. The Bertz CT molecular complexity index is 456. The fraction of sp³-hybridized carbons (Fsp3) is 0.467. The van der Waals surface area contributed by atoms with Crippen molar-refractivity contribution in [3.63, 3.8) is 0 Å². The van der Waals surface area contributed by atoms with Crippen LogP contribution in [-0.4, -0.2) is 22.4 Å². The summed E-state index contributed by atoms with van der Waals surface area (Å²) in [5.74, 6) is -0.0757. The minimum absolute atomic E-state index is 0.0757. The third-order valence-corrected chi connectivity index (χ3v) is 2.66. The van der Waals surface area contributed by atoms with Crippen LogP contribution in [0, 0.1) is 5.21 Å². The number of nitrogens with one attached hydrogen (secondary N) is 1. The van der Waals surface area contributed by atoms with E-state index in [4.69, 9.17) is 0 Å². The van der Waals surface area contributed by atoms with Gasteiger partial charge < -0.3 is 10.5 Å². The van der Waals surface area contributed by atoms with E-state index >= 15 is 0 Å². The van der Waals surface area contributed by atoms with Gasteiger partial charge in [-0.25, -0.2) is 4.74 Å². The van der Waals surface area contributed by atoms with Crippen molar-refractivity contribution in [1.29, 1.82) is 0 Å². The molecule has 0 spiro atoms. The first-order valence-electron chi connectivity index (χ1n) is 6.45. The molecule has 1 amide bonds. The van der Waals surface area contributed by atoms with Crippen molar-refractivity contribution >= 4 is 17.8 Å². The van der Waals surface area contributed by atoms with Gasteiger partial charge in [0, 0.05) is 39.8 Å². The summed E-state index contributed by atoms with van der Waals surface area (Å²) in [5, 5.41) is 14.4. The first kappa shape index (κ1) is 15.2. The molecule has 1 aromatic carbocycles. The highest BCUT2D eigenvalue weighted by Crippen LogP contribution is 2.11. The fourth-order valence-electron chi connectivity index (χ4n) is 1.58. The zero-order valence-electron chi connectivity index (χ0n) is 12.1. The Kier molecular flexibility index (Phi) is 5.10. The molecule has 104 valence electrons. The van der Waals surface area contributed by atoms with E-state index in [1.807, 2.05) is 45.0 Å². The van der Waals surface area contributed by atoms with Crippen molar-refractivity contribution < 1.29 is 9.53 Å². The molecule has 0 fully saturated rings. The van der Waals surface area contributed by atoms with Crippen LogP contribution in [0.4, 0.5) is 5.69 Å². The van der Waals surface area contributed by atoms with E-state index in [1.54, 1.807) is 6.21 Å². The number of hydrogen-bond acceptors (Lipinski definition) is 2. The van der Waals surface area contributed by atoms with Gasteiger partial charge in [0.25, 0.3) is 0 Å². The van der Waals surface area contributed by atoms with Crippen LogP contribution in [0.1, 0.15) is 39.7 Å². The molecule has 1 aromatic rings. The lowest BCUT2D eigenvalue weighted by Crippen LogP contribution is -2.29. The number of carbonyl (C=O) groups excluding carboxylic acids is 1. The smallest absolute Gasteiger partial charge is 0.221 e. The van der Waals surface area contributed by atoms with Crippen LogP contribution in [0.2, 0.25) is 0 Å². The van der Waals surface area contributed by atoms with Crippen LogP contribution < -0.4 is 5.32 Å². The topological polar surface area (TPSA) is 55.2 Å². The molecule has 4 nitrogen and oxygen atoms in total. The summed E-state index contributed by atoms with van der Waals surface area (Å²) < 4.78 is 0.999. The van der Waals surface area contributed by atoms with Gasteiger partial charge in [-0.1, -0.05) is 12.1 Å². The average molecular weight is 262 g/mol. The third kappa shape index (κ3) is 5.55. The van der Waals surface area contributed by atoms with Gasteiger partial charge in [-0.15, -0.1) is 0 Å². The van der Waals surface area contributed by atoms with Gasteiger partial charge in [-0.3, -0.25) is 4.79 Å². The lowest BCUT2D eigenvalue weighted by Gasteiger charge is -2.18. The molecule has 0 radical (unpaired) electrons. The Morgan fingerprint density at radius 2 is 1.89 bits per heavy atom. The molecule has 0 saturated heterocycles. The first-order chi connectivity index (χ1) is 8.79. The highest BCUT2D eigenvalue weighted by molar-refractivity contribution is 5.88. The molecule has 0 aliphatic rings. The molecule has 4 heteroatoms. The van der Waals surface area contributed by atoms with Gasteiger partial charge in [-0.2, -0.15) is 0 Å². The fourth-order valence-corrected chi connectivity index (χ4v) is 1.58. The lowest BCUT2D eigenvalue weighted by molar-refractivity contribution is -0.532. The zero-order chi connectivity index (χ0) is 14.5. The molecule has 0 unspecified atom stereocenters. The molecule has 0 bridgehead atoms. The molecular formula is C15H22N2O2. The molecule has 0 aromatic heterocycles. The monoisotopic (exact) mass is 262 g/mol. The molecule has 1 N–H and O–H groups in total. The van der Waals surface area contributed by atoms with E-state index in [1.165, 1.54) is 6.92 Å². The number of amides is 1. The SMILES string of the molecule is CC(=O)Nc1ccc(CC/C=[N+](/[O-])C(C)(C)C)cc1. The number of nitrogens with zero attached hydrogens (tertiary/aromatic N) is 1. The predicted molar refractivity (Wildman–Crippen MR) is 78.5 cm³/mol. The molecule has 0 heterocycles. The Balaban J connectivity index is 2.53. The third-order valence-electron chi connectivity index (χ3n) is 2.66. The van der Waals surface area contributed by atoms with Gasteiger partial charge in [0.1, 0.15) is 0 Å². The van der Waals surface area contributed by atoms with Crippen LogP contribution in [-0.2, 0) is 11.2 Å². The predicted octanol–water partition coefficient (Wildman–Crippen LogP) is 2.96. The van der Waals surface area contributed by atoms with Crippen LogP contribution in [0.25, 0.3) is 0 Å². The van der Waals surface area contributed by atoms with Crippen molar-refractivity contribution in [3.05, 3.63) is 35.0 Å². The highest BCUT2D eigenvalue weighted by atomic mass is 16.5. The summed E-state index contributed by atoms with van der Waals surface area (Å²) >= 11 is 0. The van der Waals surface area contributed by atoms with Crippen molar-refractivity contribution in [1.82, 2.24) is 0 Å². The number of hydroxylamine groups is 1. The van der Waals surface area contributed by atoms with Gasteiger partial charge in [0.05, 0.1) is 0 Å². The largest absolute Gasteiger partial charge is 0.624 e. The van der Waals surface area contributed by atoms with E-state index in [-0.39, 0.29) is 11.4 Å². The highest BCUT2D eigenvalue weighted by Gasteiger charge is 2.17. The maximum Gasteiger partial charge on any atom is 0.221 e. The molecular weight excluding hydrogens is 240 g/mol. The summed E-state index contributed by atoms with van der Waals surface area (Å²) in [4.78, 5) is 10.9. The molecule has 0 saturated carbocycles. The maximum absolute atomic E-state index is 11.6. The van der Waals surface area contributed by atoms with E-state index in [2.05, 4.69) is 5.32 Å². The minimum atomic E-state index is -0.380. The van der Waals surface area contributed by atoms with Crippen LogP contribution in [0.5, 0.6) is 0 Å². The first-order valence-corrected chi connectivity index (χ1v) is 6.45. The number of anilines is 1. The number of benzene rings is 1. The van der Waals surface area contributed by atoms with Crippen molar-refractivity contribution in [3.8, 4) is 0 Å². The van der Waals surface area contributed by atoms with Crippen molar-refractivity contribution in [2.75, 3.05) is 5.32 Å². The van der Waals surface area contributed by atoms with E-state index in [9.17, 15) is 10.0 Å². The van der Waals surface area contributed by atoms with Gasteiger partial charge in [0.15, 0.2) is 11.8 Å². The Morgan fingerprint density at radius 1 is 1.32 bits per heavy atom.